The Labute approximate surface area is 261 Å². The highest BCUT2D eigenvalue weighted by Gasteiger charge is 2.24. The van der Waals surface area contributed by atoms with Gasteiger partial charge in [-0.25, -0.2) is 37.7 Å². The molecule has 236 valence electrons. The molecule has 1 heterocycles. The van der Waals surface area contributed by atoms with Gasteiger partial charge in [0.05, 0.1) is 37.4 Å². The number of hydrogen-bond acceptors (Lipinski definition) is 9. The Morgan fingerprint density at radius 1 is 0.717 bits per heavy atom. The second-order valence-corrected chi connectivity index (χ2v) is 10.5. The number of benzene rings is 4. The van der Waals surface area contributed by atoms with E-state index in [0.717, 1.165) is 10.8 Å². The third-order valence-corrected chi connectivity index (χ3v) is 7.38. The van der Waals surface area contributed by atoms with E-state index in [4.69, 9.17) is 9.47 Å². The molecule has 12 nitrogen and oxygen atoms in total. The van der Waals surface area contributed by atoms with Crippen molar-refractivity contribution in [2.45, 2.75) is 31.8 Å². The molecule has 2 N–H and O–H groups in total. The quantitative estimate of drug-likeness (QED) is 0.156. The Kier molecular flexibility index (Phi) is 9.70. The number of ether oxygens (including phenoxy) is 2. The second kappa shape index (κ2) is 14.0. The number of rotatable bonds is 12. The van der Waals surface area contributed by atoms with Gasteiger partial charge in [0.15, 0.2) is 0 Å². The van der Waals surface area contributed by atoms with Crippen molar-refractivity contribution in [2.75, 3.05) is 13.2 Å². The summed E-state index contributed by atoms with van der Waals surface area (Å²) in [5.41, 5.74) is -2.67. The summed E-state index contributed by atoms with van der Waals surface area (Å²) in [5.74, 6) is -1.50. The SMILES string of the molecule is C=CCn1c(=O)n(CC(O)COC(=O)c2cccc3ccccc23)c(=O)n(CC(CO)OC(=O)c2cccc3ccccc23)c1=O. The maximum atomic E-state index is 13.4. The highest BCUT2D eigenvalue weighted by atomic mass is 16.6. The monoisotopic (exact) mass is 625 g/mol. The lowest BCUT2D eigenvalue weighted by Crippen LogP contribution is -2.56. The highest BCUT2D eigenvalue weighted by molar-refractivity contribution is 6.05. The molecule has 2 unspecified atom stereocenters. The van der Waals surface area contributed by atoms with E-state index in [1.807, 2.05) is 36.4 Å². The summed E-state index contributed by atoms with van der Waals surface area (Å²) < 4.78 is 12.7. The van der Waals surface area contributed by atoms with Gasteiger partial charge >= 0.3 is 29.0 Å². The van der Waals surface area contributed by atoms with Crippen molar-refractivity contribution in [3.8, 4) is 0 Å². The van der Waals surface area contributed by atoms with Crippen molar-refractivity contribution < 1.29 is 29.3 Å². The smallest absolute Gasteiger partial charge is 0.339 e. The number of aliphatic hydroxyl groups is 2. The lowest BCUT2D eigenvalue weighted by molar-refractivity contribution is 0.00722. The molecule has 0 radical (unpaired) electrons. The maximum absolute atomic E-state index is 13.4. The number of fused-ring (bicyclic) bond motifs is 2. The lowest BCUT2D eigenvalue weighted by atomic mass is 10.0. The molecule has 4 aromatic carbocycles. The van der Waals surface area contributed by atoms with E-state index in [1.165, 1.54) is 6.08 Å². The van der Waals surface area contributed by atoms with Crippen LogP contribution in [0.3, 0.4) is 0 Å². The number of aromatic nitrogens is 3. The predicted octanol–water partition coefficient (Wildman–Crippen LogP) is 2.10. The lowest BCUT2D eigenvalue weighted by Gasteiger charge is -2.20. The Morgan fingerprint density at radius 3 is 1.78 bits per heavy atom. The van der Waals surface area contributed by atoms with Crippen molar-refractivity contribution in [3.05, 3.63) is 140 Å². The molecule has 0 bridgehead atoms. The van der Waals surface area contributed by atoms with Crippen molar-refractivity contribution in [1.29, 1.82) is 0 Å². The number of carbonyl (C=O) groups excluding carboxylic acids is 2. The summed E-state index contributed by atoms with van der Waals surface area (Å²) in [7, 11) is 0. The van der Waals surface area contributed by atoms with Crippen LogP contribution in [0.15, 0.2) is 112 Å². The summed E-state index contributed by atoms with van der Waals surface area (Å²) in [6, 6.07) is 24.5. The minimum atomic E-state index is -1.51. The molecular weight excluding hydrogens is 594 g/mol. The molecule has 12 heteroatoms. The van der Waals surface area contributed by atoms with Gasteiger partial charge in [0.25, 0.3) is 0 Å². The molecule has 0 aliphatic heterocycles. The van der Waals surface area contributed by atoms with Crippen LogP contribution in [0.25, 0.3) is 21.5 Å². The van der Waals surface area contributed by atoms with Gasteiger partial charge in [-0.05, 0) is 33.7 Å². The van der Waals surface area contributed by atoms with Gasteiger partial charge in [0, 0.05) is 0 Å². The zero-order valence-electron chi connectivity index (χ0n) is 24.7. The molecule has 46 heavy (non-hydrogen) atoms. The number of allylic oxidation sites excluding steroid dienone is 1. The molecule has 1 aromatic heterocycles. The summed E-state index contributed by atoms with van der Waals surface area (Å²) in [6.07, 6.45) is -1.58. The van der Waals surface area contributed by atoms with Gasteiger partial charge in [-0.2, -0.15) is 0 Å². The Hall–Kier alpha value is -5.59. The number of nitrogens with zero attached hydrogens (tertiary/aromatic N) is 3. The topological polar surface area (TPSA) is 159 Å². The third kappa shape index (κ3) is 6.58. The third-order valence-electron chi connectivity index (χ3n) is 7.38. The van der Waals surface area contributed by atoms with Gasteiger partial charge in [-0.3, -0.25) is 0 Å². The molecular formula is C34H31N3O9. The standard InChI is InChI=1S/C34H31N3O9/c1-2-17-35-32(42)36(18-24(39)21-45-30(40)28-15-7-11-22-9-3-5-13-26(22)28)34(44)37(33(35)43)19-25(20-38)46-31(41)29-16-8-12-23-10-4-6-14-27(23)29/h2-16,24-25,38-39H,1,17-21H2. The Balaban J connectivity index is 1.37. The minimum absolute atomic E-state index is 0.221. The average Bonchev–Trinajstić information content (AvgIpc) is 3.08. The predicted molar refractivity (Wildman–Crippen MR) is 170 cm³/mol. The zero-order valence-corrected chi connectivity index (χ0v) is 24.7. The number of carbonyl (C=O) groups is 2. The van der Waals surface area contributed by atoms with Gasteiger partial charge in [-0.15, -0.1) is 6.58 Å². The molecule has 0 fully saturated rings. The van der Waals surface area contributed by atoms with Crippen LogP contribution < -0.4 is 17.1 Å². The molecule has 0 aliphatic carbocycles. The van der Waals surface area contributed by atoms with Crippen molar-refractivity contribution in [3.63, 3.8) is 0 Å². The first-order chi connectivity index (χ1) is 22.2. The molecule has 0 spiro atoms. The van der Waals surface area contributed by atoms with Crippen LogP contribution in [0.5, 0.6) is 0 Å². The number of aliphatic hydroxyl groups excluding tert-OH is 2. The van der Waals surface area contributed by atoms with E-state index < -0.39 is 67.5 Å². The first-order valence-electron chi connectivity index (χ1n) is 14.4. The van der Waals surface area contributed by atoms with Crippen molar-refractivity contribution in [1.82, 2.24) is 13.7 Å². The highest BCUT2D eigenvalue weighted by Crippen LogP contribution is 2.21. The van der Waals surface area contributed by atoms with E-state index in [9.17, 15) is 34.2 Å². The summed E-state index contributed by atoms with van der Waals surface area (Å²) >= 11 is 0. The average molecular weight is 626 g/mol. The maximum Gasteiger partial charge on any atom is 0.339 e. The van der Waals surface area contributed by atoms with Crippen LogP contribution in [0.2, 0.25) is 0 Å². The van der Waals surface area contributed by atoms with Crippen molar-refractivity contribution >= 4 is 33.5 Å². The normalized spacial score (nSPS) is 12.5. The zero-order chi connectivity index (χ0) is 32.8. The fourth-order valence-electron chi connectivity index (χ4n) is 5.15. The van der Waals surface area contributed by atoms with Gasteiger partial charge in [-0.1, -0.05) is 78.9 Å². The van der Waals surface area contributed by atoms with Gasteiger partial charge in [0.1, 0.15) is 18.8 Å². The Bertz CT molecular complexity index is 2100. The van der Waals surface area contributed by atoms with E-state index in [1.54, 1.807) is 48.5 Å². The molecule has 5 aromatic rings. The summed E-state index contributed by atoms with van der Waals surface area (Å²) in [6.45, 7) is 0.753. The van der Waals surface area contributed by atoms with E-state index in [-0.39, 0.29) is 17.7 Å². The van der Waals surface area contributed by atoms with Crippen LogP contribution >= 0.6 is 0 Å². The molecule has 0 aliphatic rings. The summed E-state index contributed by atoms with van der Waals surface area (Å²) in [4.78, 5) is 65.7. The van der Waals surface area contributed by atoms with E-state index in [2.05, 4.69) is 6.58 Å². The molecule has 0 saturated heterocycles. The van der Waals surface area contributed by atoms with Gasteiger partial charge < -0.3 is 19.7 Å². The number of esters is 2. The molecule has 0 saturated carbocycles. The summed E-state index contributed by atoms with van der Waals surface area (Å²) in [5, 5.41) is 23.6. The minimum Gasteiger partial charge on any atom is -0.459 e. The fourth-order valence-corrected chi connectivity index (χ4v) is 5.15. The van der Waals surface area contributed by atoms with Crippen LogP contribution in [0, 0.1) is 0 Å². The van der Waals surface area contributed by atoms with Crippen LogP contribution in [-0.2, 0) is 29.1 Å². The van der Waals surface area contributed by atoms with Crippen LogP contribution in [0.4, 0.5) is 0 Å². The number of hydrogen-bond donors (Lipinski definition) is 2. The van der Waals surface area contributed by atoms with E-state index in [0.29, 0.717) is 24.5 Å². The molecule has 2 atom stereocenters. The largest absolute Gasteiger partial charge is 0.459 e. The van der Waals surface area contributed by atoms with E-state index >= 15 is 0 Å². The first-order valence-corrected chi connectivity index (χ1v) is 14.4. The first kappa shape index (κ1) is 31.8. The second-order valence-electron chi connectivity index (χ2n) is 10.5. The van der Waals surface area contributed by atoms with Gasteiger partial charge in [0.2, 0.25) is 0 Å². The van der Waals surface area contributed by atoms with Crippen LogP contribution in [0.1, 0.15) is 20.7 Å². The van der Waals surface area contributed by atoms with Crippen LogP contribution in [-0.4, -0.2) is 61.3 Å². The molecule has 5 rings (SSSR count). The Morgan fingerprint density at radius 2 is 1.22 bits per heavy atom. The fraction of sp³-hybridized carbons (Fsp3) is 0.206. The van der Waals surface area contributed by atoms with Crippen molar-refractivity contribution in [2.24, 2.45) is 0 Å². The molecule has 0 amide bonds.